The first kappa shape index (κ1) is 22.4. The zero-order chi connectivity index (χ0) is 20.9. The molecule has 1 aromatic carbocycles. The number of nitrogens with zero attached hydrogens (tertiary/aromatic N) is 1. The van der Waals surface area contributed by atoms with Crippen molar-refractivity contribution in [3.05, 3.63) is 53.1 Å². The van der Waals surface area contributed by atoms with E-state index in [9.17, 15) is 18.0 Å². The fraction of sp³-hybridized carbons (Fsp3) is 0.333. The summed E-state index contributed by atoms with van der Waals surface area (Å²) in [6.45, 7) is 7.10. The Balaban J connectivity index is 2.16. The van der Waals surface area contributed by atoms with Gasteiger partial charge in [0.1, 0.15) is 4.90 Å². The van der Waals surface area contributed by atoms with Crippen LogP contribution in [0.25, 0.3) is 0 Å². The van der Waals surface area contributed by atoms with Crippen LogP contribution in [0, 0.1) is 0 Å². The highest BCUT2D eigenvalue weighted by Gasteiger charge is 2.30. The van der Waals surface area contributed by atoms with Crippen molar-refractivity contribution in [2.24, 2.45) is 0 Å². The Morgan fingerprint density at radius 1 is 1.18 bits per heavy atom. The normalized spacial score (nSPS) is 13.6. The third-order valence-corrected chi connectivity index (χ3v) is 6.11. The minimum atomic E-state index is -3.91. The van der Waals surface area contributed by atoms with E-state index in [0.29, 0.717) is 0 Å². The van der Waals surface area contributed by atoms with Gasteiger partial charge in [-0.2, -0.15) is 0 Å². The minimum absolute atomic E-state index is 0.0816. The van der Waals surface area contributed by atoms with Crippen LogP contribution in [0.2, 0.25) is 10.0 Å². The van der Waals surface area contributed by atoms with Gasteiger partial charge in [0.05, 0.1) is 15.6 Å². The first-order valence-electron chi connectivity index (χ1n) is 8.37. The van der Waals surface area contributed by atoms with E-state index in [0.717, 1.165) is 25.0 Å². The Hall–Kier alpha value is -1.87. The third-order valence-electron chi connectivity index (χ3n) is 3.81. The van der Waals surface area contributed by atoms with Crippen molar-refractivity contribution in [3.8, 4) is 0 Å². The molecule has 152 valence electrons. The molecule has 1 aliphatic rings. The molecule has 0 aromatic heterocycles. The zero-order valence-electron chi connectivity index (χ0n) is 15.0. The smallest absolute Gasteiger partial charge is 0.340 e. The fourth-order valence-electron chi connectivity index (χ4n) is 2.26. The molecule has 2 rings (SSSR count). The third kappa shape index (κ3) is 5.81. The lowest BCUT2D eigenvalue weighted by Gasteiger charge is -2.19. The van der Waals surface area contributed by atoms with Crippen molar-refractivity contribution < 1.29 is 22.7 Å². The van der Waals surface area contributed by atoms with Crippen LogP contribution >= 0.6 is 23.2 Å². The summed E-state index contributed by atoms with van der Waals surface area (Å²) in [5, 5.41) is -0.198. The van der Waals surface area contributed by atoms with Crippen LogP contribution in [0.15, 0.2) is 42.3 Å². The summed E-state index contributed by atoms with van der Waals surface area (Å²) >= 11 is 12.0. The van der Waals surface area contributed by atoms with E-state index in [2.05, 4.69) is 17.9 Å². The number of halogens is 2. The highest BCUT2D eigenvalue weighted by atomic mass is 35.5. The molecule has 1 N–H and O–H groups in total. The van der Waals surface area contributed by atoms with Crippen molar-refractivity contribution in [1.82, 2.24) is 9.62 Å². The molecular weight excluding hydrogens is 427 g/mol. The molecule has 10 heteroatoms. The Morgan fingerprint density at radius 2 is 1.79 bits per heavy atom. The van der Waals surface area contributed by atoms with E-state index in [1.54, 1.807) is 0 Å². The number of benzene rings is 1. The lowest BCUT2D eigenvalue weighted by Crippen LogP contribution is -2.35. The van der Waals surface area contributed by atoms with Gasteiger partial charge in [0.15, 0.2) is 6.61 Å². The number of nitrogens with one attached hydrogen (secondary N) is 1. The summed E-state index contributed by atoms with van der Waals surface area (Å²) in [4.78, 5) is 25.6. The number of hydrogen-bond donors (Lipinski definition) is 1. The maximum Gasteiger partial charge on any atom is 0.340 e. The van der Waals surface area contributed by atoms with Gasteiger partial charge in [0, 0.05) is 19.1 Å². The molecule has 0 radical (unpaired) electrons. The van der Waals surface area contributed by atoms with Gasteiger partial charge < -0.3 is 9.64 Å². The van der Waals surface area contributed by atoms with E-state index >= 15 is 0 Å². The standard InChI is InChI=1S/C18H20Cl2N2O5S/c1-3-7-22(8-4-2)17(23)11-27-18(24)13-9-16(15(20)10-14(13)19)28(25,26)21-12-5-6-12/h3-4,9-10,12,21H,1-2,5-8,11H2. The minimum Gasteiger partial charge on any atom is -0.452 e. The molecular formula is C18H20Cl2N2O5S. The number of ether oxygens (including phenoxy) is 1. The first-order chi connectivity index (χ1) is 13.2. The SMILES string of the molecule is C=CCN(CC=C)C(=O)COC(=O)c1cc(S(=O)(=O)NC2CC2)c(Cl)cc1Cl. The Labute approximate surface area is 174 Å². The summed E-state index contributed by atoms with van der Waals surface area (Å²) < 4.78 is 32.3. The Bertz CT molecular complexity index is 887. The molecule has 0 atom stereocenters. The largest absolute Gasteiger partial charge is 0.452 e. The summed E-state index contributed by atoms with van der Waals surface area (Å²) in [5.74, 6) is -1.39. The highest BCUT2D eigenvalue weighted by Crippen LogP contribution is 2.31. The van der Waals surface area contributed by atoms with Gasteiger partial charge >= 0.3 is 5.97 Å². The second-order valence-electron chi connectivity index (χ2n) is 6.11. The monoisotopic (exact) mass is 446 g/mol. The number of carbonyl (C=O) groups is 2. The average Bonchev–Trinajstić information content (AvgIpc) is 3.42. The van der Waals surface area contributed by atoms with Gasteiger partial charge in [-0.05, 0) is 25.0 Å². The van der Waals surface area contributed by atoms with E-state index in [1.165, 1.54) is 17.1 Å². The van der Waals surface area contributed by atoms with Crippen molar-refractivity contribution in [2.75, 3.05) is 19.7 Å². The maximum atomic E-state index is 12.4. The number of carbonyl (C=O) groups excluding carboxylic acids is 2. The Kier molecular flexibility index (Phi) is 7.65. The number of amides is 1. The molecule has 28 heavy (non-hydrogen) atoms. The second kappa shape index (κ2) is 9.56. The molecule has 7 nitrogen and oxygen atoms in total. The van der Waals surface area contributed by atoms with Crippen LogP contribution < -0.4 is 4.72 Å². The topological polar surface area (TPSA) is 92.8 Å². The van der Waals surface area contributed by atoms with Gasteiger partial charge in [-0.1, -0.05) is 35.4 Å². The van der Waals surface area contributed by atoms with Gasteiger partial charge in [0.2, 0.25) is 10.0 Å². The fourth-order valence-corrected chi connectivity index (χ4v) is 4.42. The number of hydrogen-bond acceptors (Lipinski definition) is 5. The predicted molar refractivity (Wildman–Crippen MR) is 107 cm³/mol. The zero-order valence-corrected chi connectivity index (χ0v) is 17.3. The molecule has 0 heterocycles. The molecule has 1 fully saturated rings. The molecule has 1 amide bonds. The van der Waals surface area contributed by atoms with Gasteiger partial charge in [0.25, 0.3) is 5.91 Å². The summed E-state index contributed by atoms with van der Waals surface area (Å²) in [5.41, 5.74) is -0.200. The van der Waals surface area contributed by atoms with E-state index < -0.39 is 28.5 Å². The average molecular weight is 447 g/mol. The van der Waals surface area contributed by atoms with Crippen LogP contribution in [0.4, 0.5) is 0 Å². The van der Waals surface area contributed by atoms with Crippen LogP contribution in [0.3, 0.4) is 0 Å². The molecule has 1 aromatic rings. The van der Waals surface area contributed by atoms with Crippen LogP contribution in [0.1, 0.15) is 23.2 Å². The van der Waals surface area contributed by atoms with Crippen LogP contribution in [-0.4, -0.2) is 50.9 Å². The number of sulfonamides is 1. The van der Waals surface area contributed by atoms with Crippen molar-refractivity contribution in [3.63, 3.8) is 0 Å². The quantitative estimate of drug-likeness (QED) is 0.440. The van der Waals surface area contributed by atoms with Gasteiger partial charge in [-0.3, -0.25) is 4.79 Å². The van der Waals surface area contributed by atoms with Crippen LogP contribution in [0.5, 0.6) is 0 Å². The van der Waals surface area contributed by atoms with Crippen LogP contribution in [-0.2, 0) is 19.6 Å². The van der Waals surface area contributed by atoms with Crippen molar-refractivity contribution in [1.29, 1.82) is 0 Å². The summed E-state index contributed by atoms with van der Waals surface area (Å²) in [6, 6.07) is 2.07. The van der Waals surface area contributed by atoms with E-state index in [1.807, 2.05) is 0 Å². The lowest BCUT2D eigenvalue weighted by molar-refractivity contribution is -0.133. The van der Waals surface area contributed by atoms with E-state index in [4.69, 9.17) is 27.9 Å². The number of esters is 1. The predicted octanol–water partition coefficient (Wildman–Crippen LogP) is 2.79. The molecule has 0 saturated heterocycles. The Morgan fingerprint density at radius 3 is 2.32 bits per heavy atom. The highest BCUT2D eigenvalue weighted by molar-refractivity contribution is 7.89. The first-order valence-corrected chi connectivity index (χ1v) is 10.6. The van der Waals surface area contributed by atoms with E-state index in [-0.39, 0.29) is 39.6 Å². The second-order valence-corrected chi connectivity index (χ2v) is 8.61. The van der Waals surface area contributed by atoms with Crippen molar-refractivity contribution >= 4 is 45.1 Å². The molecule has 0 spiro atoms. The molecule has 1 aliphatic carbocycles. The number of rotatable bonds is 10. The lowest BCUT2D eigenvalue weighted by atomic mass is 10.2. The summed E-state index contributed by atoms with van der Waals surface area (Å²) in [6.07, 6.45) is 4.55. The van der Waals surface area contributed by atoms with Crippen molar-refractivity contribution in [2.45, 2.75) is 23.8 Å². The molecule has 0 bridgehead atoms. The molecule has 0 unspecified atom stereocenters. The van der Waals surface area contributed by atoms with Gasteiger partial charge in [-0.25, -0.2) is 17.9 Å². The van der Waals surface area contributed by atoms with Gasteiger partial charge in [-0.15, -0.1) is 13.2 Å². The maximum absolute atomic E-state index is 12.4. The summed E-state index contributed by atoms with van der Waals surface area (Å²) in [7, 11) is -3.91. The molecule has 0 aliphatic heterocycles. The molecule has 1 saturated carbocycles.